The summed E-state index contributed by atoms with van der Waals surface area (Å²) in [7, 11) is 0. The summed E-state index contributed by atoms with van der Waals surface area (Å²) in [5, 5.41) is 10.2. The fourth-order valence-corrected chi connectivity index (χ4v) is 3.77. The minimum Gasteiger partial charge on any atom is -0.476 e. The van der Waals surface area contributed by atoms with Crippen LogP contribution in [0.25, 0.3) is 0 Å². The smallest absolute Gasteiger partial charge is 0.355 e. The summed E-state index contributed by atoms with van der Waals surface area (Å²) in [5.41, 5.74) is 0.266. The first-order chi connectivity index (χ1) is 9.15. The SMILES string of the molecule is CCc1nc(C(=O)O)c(CN2CCCCC2CC)s1. The number of aromatic carboxylic acids is 1. The van der Waals surface area contributed by atoms with Crippen molar-refractivity contribution in [3.05, 3.63) is 15.6 Å². The van der Waals surface area contributed by atoms with Gasteiger partial charge in [-0.05, 0) is 32.2 Å². The normalized spacial score (nSPS) is 20.6. The summed E-state index contributed by atoms with van der Waals surface area (Å²) in [6, 6.07) is 0.600. The lowest BCUT2D eigenvalue weighted by atomic mass is 10.00. The number of carboxylic acids is 1. The topological polar surface area (TPSA) is 53.4 Å². The van der Waals surface area contributed by atoms with Crippen LogP contribution in [0.4, 0.5) is 0 Å². The summed E-state index contributed by atoms with van der Waals surface area (Å²) in [4.78, 5) is 18.9. The van der Waals surface area contributed by atoms with Crippen LogP contribution >= 0.6 is 11.3 Å². The Morgan fingerprint density at radius 2 is 2.26 bits per heavy atom. The van der Waals surface area contributed by atoms with Crippen molar-refractivity contribution in [3.8, 4) is 0 Å². The third-order valence-electron chi connectivity index (χ3n) is 3.81. The molecule has 1 aromatic rings. The molecule has 106 valence electrons. The monoisotopic (exact) mass is 282 g/mol. The third-order valence-corrected chi connectivity index (χ3v) is 5.00. The molecule has 0 aromatic carbocycles. The maximum Gasteiger partial charge on any atom is 0.355 e. The summed E-state index contributed by atoms with van der Waals surface area (Å²) >= 11 is 1.56. The van der Waals surface area contributed by atoms with Crippen molar-refractivity contribution in [3.63, 3.8) is 0 Å². The molecule has 1 saturated heterocycles. The number of rotatable bonds is 5. The van der Waals surface area contributed by atoms with E-state index in [4.69, 9.17) is 0 Å². The number of nitrogens with zero attached hydrogens (tertiary/aromatic N) is 2. The highest BCUT2D eigenvalue weighted by molar-refractivity contribution is 7.11. The fourth-order valence-electron chi connectivity index (χ4n) is 2.74. The van der Waals surface area contributed by atoms with E-state index in [-0.39, 0.29) is 5.69 Å². The van der Waals surface area contributed by atoms with Crippen LogP contribution in [0.1, 0.15) is 59.9 Å². The number of carboxylic acid groups (broad SMARTS) is 1. The molecule has 0 radical (unpaired) electrons. The Bertz CT molecular complexity index is 445. The summed E-state index contributed by atoms with van der Waals surface area (Å²) in [6.07, 6.45) is 5.70. The van der Waals surface area contributed by atoms with E-state index in [2.05, 4.69) is 16.8 Å². The van der Waals surface area contributed by atoms with Crippen LogP contribution in [0.3, 0.4) is 0 Å². The lowest BCUT2D eigenvalue weighted by Gasteiger charge is -2.34. The Labute approximate surface area is 118 Å². The van der Waals surface area contributed by atoms with Gasteiger partial charge in [0.05, 0.1) is 9.88 Å². The minimum absolute atomic E-state index is 0.266. The highest BCUT2D eigenvalue weighted by Crippen LogP contribution is 2.26. The van der Waals surface area contributed by atoms with Gasteiger partial charge in [0.2, 0.25) is 0 Å². The Balaban J connectivity index is 2.16. The molecule has 1 fully saturated rings. The van der Waals surface area contributed by atoms with Gasteiger partial charge in [-0.2, -0.15) is 0 Å². The molecule has 0 amide bonds. The van der Waals surface area contributed by atoms with Crippen molar-refractivity contribution in [2.24, 2.45) is 0 Å². The molecule has 19 heavy (non-hydrogen) atoms. The molecule has 1 aliphatic heterocycles. The van der Waals surface area contributed by atoms with Gasteiger partial charge in [-0.25, -0.2) is 9.78 Å². The minimum atomic E-state index is -0.893. The summed E-state index contributed by atoms with van der Waals surface area (Å²) < 4.78 is 0. The van der Waals surface area contributed by atoms with E-state index >= 15 is 0 Å². The molecule has 5 heteroatoms. The molecule has 1 N–H and O–H groups in total. The number of aromatic nitrogens is 1. The average Bonchev–Trinajstić information content (AvgIpc) is 2.82. The average molecular weight is 282 g/mol. The van der Waals surface area contributed by atoms with Gasteiger partial charge >= 0.3 is 5.97 Å². The van der Waals surface area contributed by atoms with Gasteiger partial charge in [-0.1, -0.05) is 20.3 Å². The van der Waals surface area contributed by atoms with Crippen LogP contribution in [0, 0.1) is 0 Å². The van der Waals surface area contributed by atoms with E-state index in [1.54, 1.807) is 11.3 Å². The number of carbonyl (C=O) groups is 1. The number of piperidine rings is 1. The van der Waals surface area contributed by atoms with Gasteiger partial charge in [0.15, 0.2) is 5.69 Å². The van der Waals surface area contributed by atoms with E-state index in [9.17, 15) is 9.90 Å². The second-order valence-electron chi connectivity index (χ2n) is 5.07. The molecule has 1 atom stereocenters. The summed E-state index contributed by atoms with van der Waals surface area (Å²) in [6.45, 7) is 6.06. The molecular weight excluding hydrogens is 260 g/mol. The van der Waals surface area contributed by atoms with Crippen LogP contribution in [0.5, 0.6) is 0 Å². The first kappa shape index (κ1) is 14.5. The predicted octanol–water partition coefficient (Wildman–Crippen LogP) is 3.17. The van der Waals surface area contributed by atoms with E-state index in [0.717, 1.165) is 35.8 Å². The lowest BCUT2D eigenvalue weighted by molar-refractivity contribution is 0.0686. The highest BCUT2D eigenvalue weighted by atomic mass is 32.1. The molecular formula is C14H22N2O2S. The molecule has 2 heterocycles. The van der Waals surface area contributed by atoms with Crippen LogP contribution in [0.15, 0.2) is 0 Å². The van der Waals surface area contributed by atoms with E-state index in [1.807, 2.05) is 6.92 Å². The van der Waals surface area contributed by atoms with Crippen molar-refractivity contribution in [2.75, 3.05) is 6.54 Å². The standard InChI is InChI=1S/C14H22N2O2S/c1-3-10-7-5-6-8-16(10)9-11-13(14(17)18)15-12(4-2)19-11/h10H,3-9H2,1-2H3,(H,17,18). The van der Waals surface area contributed by atoms with Crippen LogP contribution < -0.4 is 0 Å². The number of likely N-dealkylation sites (tertiary alicyclic amines) is 1. The number of hydrogen-bond acceptors (Lipinski definition) is 4. The van der Waals surface area contributed by atoms with Crippen molar-refractivity contribution < 1.29 is 9.90 Å². The Morgan fingerprint density at radius 1 is 1.47 bits per heavy atom. The molecule has 0 aliphatic carbocycles. The quantitative estimate of drug-likeness (QED) is 0.901. The molecule has 1 aliphatic rings. The molecule has 2 rings (SSSR count). The Hall–Kier alpha value is -0.940. The van der Waals surface area contributed by atoms with Crippen molar-refractivity contribution in [2.45, 2.75) is 58.5 Å². The zero-order valence-corrected chi connectivity index (χ0v) is 12.5. The highest BCUT2D eigenvalue weighted by Gasteiger charge is 2.24. The van der Waals surface area contributed by atoms with Gasteiger partial charge in [-0.3, -0.25) is 4.90 Å². The van der Waals surface area contributed by atoms with Crippen molar-refractivity contribution >= 4 is 17.3 Å². The zero-order valence-electron chi connectivity index (χ0n) is 11.7. The van der Waals surface area contributed by atoms with Gasteiger partial charge in [-0.15, -0.1) is 11.3 Å². The second kappa shape index (κ2) is 6.48. The van der Waals surface area contributed by atoms with Crippen molar-refractivity contribution in [1.82, 2.24) is 9.88 Å². The van der Waals surface area contributed by atoms with Gasteiger partial charge in [0.25, 0.3) is 0 Å². The Kier molecular flexibility index (Phi) is 4.93. The Morgan fingerprint density at radius 3 is 2.89 bits per heavy atom. The predicted molar refractivity (Wildman–Crippen MR) is 76.8 cm³/mol. The lowest BCUT2D eigenvalue weighted by Crippen LogP contribution is -2.38. The third kappa shape index (κ3) is 3.34. The van der Waals surface area contributed by atoms with Crippen molar-refractivity contribution in [1.29, 1.82) is 0 Å². The largest absolute Gasteiger partial charge is 0.476 e. The molecule has 0 saturated carbocycles. The first-order valence-corrected chi connectivity index (χ1v) is 7.93. The molecule has 0 spiro atoms. The maximum absolute atomic E-state index is 11.3. The van der Waals surface area contributed by atoms with Crippen LogP contribution in [-0.2, 0) is 13.0 Å². The van der Waals surface area contributed by atoms with Gasteiger partial charge in [0.1, 0.15) is 0 Å². The van der Waals surface area contributed by atoms with E-state index < -0.39 is 5.97 Å². The number of aryl methyl sites for hydroxylation is 1. The molecule has 1 aromatic heterocycles. The first-order valence-electron chi connectivity index (χ1n) is 7.11. The molecule has 1 unspecified atom stereocenters. The summed E-state index contributed by atoms with van der Waals surface area (Å²) in [5.74, 6) is -0.893. The molecule has 0 bridgehead atoms. The van der Waals surface area contributed by atoms with E-state index in [1.165, 1.54) is 19.3 Å². The van der Waals surface area contributed by atoms with Crippen LogP contribution in [-0.4, -0.2) is 33.5 Å². The maximum atomic E-state index is 11.3. The van der Waals surface area contributed by atoms with Gasteiger partial charge < -0.3 is 5.11 Å². The zero-order chi connectivity index (χ0) is 13.8. The van der Waals surface area contributed by atoms with Gasteiger partial charge in [0, 0.05) is 12.6 Å². The van der Waals surface area contributed by atoms with E-state index in [0.29, 0.717) is 6.04 Å². The number of hydrogen-bond donors (Lipinski definition) is 1. The molecule has 4 nitrogen and oxygen atoms in total. The number of thiazole rings is 1. The second-order valence-corrected chi connectivity index (χ2v) is 6.23. The van der Waals surface area contributed by atoms with Crippen LogP contribution in [0.2, 0.25) is 0 Å². The fraction of sp³-hybridized carbons (Fsp3) is 0.714.